The molecule has 1 fully saturated rings. The Morgan fingerprint density at radius 3 is 2.97 bits per heavy atom. The number of carbonyl (C=O) groups excluding carboxylic acids is 1. The molecule has 1 unspecified atom stereocenters. The van der Waals surface area contributed by atoms with Crippen molar-refractivity contribution in [2.45, 2.75) is 25.8 Å². The fourth-order valence-corrected chi connectivity index (χ4v) is 4.26. The van der Waals surface area contributed by atoms with Crippen LogP contribution in [0.25, 0.3) is 0 Å². The summed E-state index contributed by atoms with van der Waals surface area (Å²) in [7, 11) is 0. The molecule has 158 valence electrons. The number of halogens is 1. The van der Waals surface area contributed by atoms with E-state index in [4.69, 9.17) is 11.6 Å². The maximum atomic E-state index is 12.8. The number of fused-ring (bicyclic) bond motifs is 1. The van der Waals surface area contributed by atoms with Crippen molar-refractivity contribution in [2.75, 3.05) is 42.5 Å². The molecule has 4 rings (SSSR count). The van der Waals surface area contributed by atoms with Crippen molar-refractivity contribution in [1.29, 1.82) is 0 Å². The van der Waals surface area contributed by atoms with Gasteiger partial charge >= 0.3 is 0 Å². The van der Waals surface area contributed by atoms with E-state index < -0.39 is 0 Å². The van der Waals surface area contributed by atoms with Crippen molar-refractivity contribution in [2.24, 2.45) is 4.99 Å². The van der Waals surface area contributed by atoms with Crippen LogP contribution in [0.2, 0.25) is 5.02 Å². The molecule has 3 heterocycles. The number of pyridine rings is 1. The smallest absolute Gasteiger partial charge is 0.248 e. The Morgan fingerprint density at radius 2 is 2.13 bits per heavy atom. The molecular formula is C22H27ClN6O. The van der Waals surface area contributed by atoms with E-state index in [1.165, 1.54) is 5.56 Å². The van der Waals surface area contributed by atoms with Crippen LogP contribution in [0, 0.1) is 0 Å². The number of carbonyl (C=O) groups is 1. The van der Waals surface area contributed by atoms with Crippen LogP contribution >= 0.6 is 11.6 Å². The van der Waals surface area contributed by atoms with E-state index in [1.54, 1.807) is 6.20 Å². The molecule has 30 heavy (non-hydrogen) atoms. The summed E-state index contributed by atoms with van der Waals surface area (Å²) in [6, 6.07) is 12.0. The largest absolute Gasteiger partial charge is 0.357 e. The first kappa shape index (κ1) is 20.5. The van der Waals surface area contributed by atoms with Crippen LogP contribution in [0.3, 0.4) is 0 Å². The van der Waals surface area contributed by atoms with Gasteiger partial charge in [-0.2, -0.15) is 0 Å². The molecule has 2 N–H and O–H groups in total. The second kappa shape index (κ2) is 9.34. The zero-order valence-corrected chi connectivity index (χ0v) is 17.9. The Balaban J connectivity index is 1.37. The van der Waals surface area contributed by atoms with E-state index in [1.807, 2.05) is 42.2 Å². The van der Waals surface area contributed by atoms with E-state index >= 15 is 0 Å². The number of rotatable bonds is 5. The lowest BCUT2D eigenvalue weighted by Gasteiger charge is -2.20. The summed E-state index contributed by atoms with van der Waals surface area (Å²) in [6.45, 7) is 5.25. The summed E-state index contributed by atoms with van der Waals surface area (Å²) < 4.78 is 0. The van der Waals surface area contributed by atoms with E-state index in [2.05, 4.69) is 31.6 Å². The lowest BCUT2D eigenvalue weighted by molar-refractivity contribution is -0.117. The zero-order chi connectivity index (χ0) is 20.9. The number of nitrogens with one attached hydrogen (secondary N) is 2. The van der Waals surface area contributed by atoms with Gasteiger partial charge in [0.2, 0.25) is 5.91 Å². The Kier molecular flexibility index (Phi) is 6.38. The molecule has 7 nitrogen and oxygen atoms in total. The molecule has 1 amide bonds. The first-order valence-electron chi connectivity index (χ1n) is 10.4. The highest BCUT2D eigenvalue weighted by Crippen LogP contribution is 2.27. The molecule has 0 bridgehead atoms. The minimum Gasteiger partial charge on any atom is -0.357 e. The van der Waals surface area contributed by atoms with E-state index in [-0.39, 0.29) is 18.5 Å². The molecule has 0 radical (unpaired) electrons. The monoisotopic (exact) mass is 426 g/mol. The van der Waals surface area contributed by atoms with Crippen LogP contribution in [0.1, 0.15) is 18.9 Å². The number of para-hydroxylation sites is 1. The lowest BCUT2D eigenvalue weighted by Crippen LogP contribution is -2.45. The number of hydrogen-bond acceptors (Lipinski definition) is 4. The molecule has 1 aromatic heterocycles. The normalized spacial score (nSPS) is 18.5. The predicted octanol–water partition coefficient (Wildman–Crippen LogP) is 2.46. The number of benzene rings is 1. The number of aliphatic imine (C=N–C) groups is 1. The Bertz CT molecular complexity index is 933. The van der Waals surface area contributed by atoms with Gasteiger partial charge in [-0.25, -0.2) is 9.98 Å². The number of hydrogen-bond donors (Lipinski definition) is 2. The van der Waals surface area contributed by atoms with Crippen molar-refractivity contribution in [1.82, 2.24) is 15.6 Å². The molecular weight excluding hydrogens is 400 g/mol. The minimum absolute atomic E-state index is 0.0190. The number of guanidine groups is 1. The van der Waals surface area contributed by atoms with Gasteiger partial charge in [-0.05, 0) is 43.5 Å². The second-order valence-electron chi connectivity index (χ2n) is 7.50. The standard InChI is InChI=1S/C22H27ClN6O/c1-2-24-22(26-14-20(30)29-13-9-16-6-3-4-8-19(16)29)27-17-10-12-28(15-17)21-18(23)7-5-11-25-21/h3-8,11,17H,2,9-10,12-15H2,1H3,(H2,24,26,27). The van der Waals surface area contributed by atoms with Crippen LogP contribution in [0.4, 0.5) is 11.5 Å². The number of aromatic nitrogens is 1. The van der Waals surface area contributed by atoms with E-state index in [9.17, 15) is 4.79 Å². The fraction of sp³-hybridized carbons (Fsp3) is 0.409. The number of amides is 1. The summed E-state index contributed by atoms with van der Waals surface area (Å²) in [5, 5.41) is 7.37. The number of anilines is 2. The van der Waals surface area contributed by atoms with Crippen LogP contribution in [-0.4, -0.2) is 55.6 Å². The average Bonchev–Trinajstić information content (AvgIpc) is 3.39. The third-order valence-electron chi connectivity index (χ3n) is 5.47. The zero-order valence-electron chi connectivity index (χ0n) is 17.1. The van der Waals surface area contributed by atoms with Gasteiger partial charge in [0.1, 0.15) is 12.4 Å². The predicted molar refractivity (Wildman–Crippen MR) is 121 cm³/mol. The third kappa shape index (κ3) is 4.51. The number of nitrogens with zero attached hydrogens (tertiary/aromatic N) is 4. The SMILES string of the molecule is CCNC(=NCC(=O)N1CCc2ccccc21)NC1CCN(c2ncccc2Cl)C1. The van der Waals surface area contributed by atoms with Gasteiger partial charge in [0, 0.05) is 44.1 Å². The second-order valence-corrected chi connectivity index (χ2v) is 7.91. The first-order chi connectivity index (χ1) is 14.7. The van der Waals surface area contributed by atoms with Crippen molar-refractivity contribution in [3.63, 3.8) is 0 Å². The van der Waals surface area contributed by atoms with Gasteiger partial charge in [-0.1, -0.05) is 29.8 Å². The minimum atomic E-state index is 0.0190. The molecule has 0 saturated carbocycles. The molecule has 2 aromatic rings. The first-order valence-corrected chi connectivity index (χ1v) is 10.8. The third-order valence-corrected chi connectivity index (χ3v) is 5.77. The lowest BCUT2D eigenvalue weighted by atomic mass is 10.2. The molecule has 0 aliphatic carbocycles. The highest BCUT2D eigenvalue weighted by atomic mass is 35.5. The fourth-order valence-electron chi connectivity index (χ4n) is 4.02. The average molecular weight is 427 g/mol. The van der Waals surface area contributed by atoms with Gasteiger partial charge in [0.25, 0.3) is 0 Å². The van der Waals surface area contributed by atoms with Crippen molar-refractivity contribution < 1.29 is 4.79 Å². The molecule has 1 aromatic carbocycles. The van der Waals surface area contributed by atoms with Crippen molar-refractivity contribution in [3.05, 3.63) is 53.2 Å². The summed E-state index contributed by atoms with van der Waals surface area (Å²) in [4.78, 5) is 25.7. The van der Waals surface area contributed by atoms with Gasteiger partial charge in [0.15, 0.2) is 5.96 Å². The molecule has 1 atom stereocenters. The van der Waals surface area contributed by atoms with Crippen LogP contribution < -0.4 is 20.4 Å². The van der Waals surface area contributed by atoms with Crippen LogP contribution in [0.5, 0.6) is 0 Å². The van der Waals surface area contributed by atoms with Gasteiger partial charge in [0.05, 0.1) is 5.02 Å². The molecule has 2 aliphatic rings. The quantitative estimate of drug-likeness (QED) is 0.567. The highest BCUT2D eigenvalue weighted by molar-refractivity contribution is 6.32. The van der Waals surface area contributed by atoms with Crippen LogP contribution in [0.15, 0.2) is 47.6 Å². The highest BCUT2D eigenvalue weighted by Gasteiger charge is 2.26. The Labute approximate surface area is 182 Å². The molecule has 2 aliphatic heterocycles. The Morgan fingerprint density at radius 1 is 1.27 bits per heavy atom. The van der Waals surface area contributed by atoms with E-state index in [0.717, 1.165) is 50.5 Å². The maximum Gasteiger partial charge on any atom is 0.248 e. The van der Waals surface area contributed by atoms with Gasteiger partial charge in [-0.15, -0.1) is 0 Å². The summed E-state index contributed by atoms with van der Waals surface area (Å²) in [6.07, 6.45) is 3.61. The summed E-state index contributed by atoms with van der Waals surface area (Å²) in [5.74, 6) is 1.50. The maximum absolute atomic E-state index is 12.8. The van der Waals surface area contributed by atoms with Gasteiger partial charge in [-0.3, -0.25) is 4.79 Å². The molecule has 8 heteroatoms. The summed E-state index contributed by atoms with van der Waals surface area (Å²) in [5.41, 5.74) is 2.23. The molecule has 1 saturated heterocycles. The Hall–Kier alpha value is -2.80. The van der Waals surface area contributed by atoms with Crippen molar-refractivity contribution in [3.8, 4) is 0 Å². The summed E-state index contributed by atoms with van der Waals surface area (Å²) >= 11 is 6.29. The molecule has 0 spiro atoms. The van der Waals surface area contributed by atoms with Crippen LogP contribution in [-0.2, 0) is 11.2 Å². The van der Waals surface area contributed by atoms with Crippen molar-refractivity contribution >= 4 is 35.0 Å². The topological polar surface area (TPSA) is 72.9 Å². The van der Waals surface area contributed by atoms with E-state index in [0.29, 0.717) is 11.0 Å². The van der Waals surface area contributed by atoms with Gasteiger partial charge < -0.3 is 20.4 Å².